The molecule has 5 heteroatoms. The van der Waals surface area contributed by atoms with Gasteiger partial charge in [-0.3, -0.25) is 4.40 Å². The predicted molar refractivity (Wildman–Crippen MR) is 96.2 cm³/mol. The van der Waals surface area contributed by atoms with E-state index < -0.39 is 0 Å². The lowest BCUT2D eigenvalue weighted by Gasteiger charge is -2.27. The molecule has 24 heavy (non-hydrogen) atoms. The summed E-state index contributed by atoms with van der Waals surface area (Å²) < 4.78 is 2.07. The van der Waals surface area contributed by atoms with Gasteiger partial charge in [-0.05, 0) is 49.6 Å². The van der Waals surface area contributed by atoms with Gasteiger partial charge in [-0.15, -0.1) is 0 Å². The summed E-state index contributed by atoms with van der Waals surface area (Å²) in [6.07, 6.45) is 9.21. The molecule has 1 aromatic carbocycles. The third-order valence-electron chi connectivity index (χ3n) is 4.54. The summed E-state index contributed by atoms with van der Waals surface area (Å²) in [6.45, 7) is 5.96. The molecule has 0 bridgehead atoms. The Morgan fingerprint density at radius 1 is 1.08 bits per heavy atom. The number of fused-ring (bicyclic) bond motifs is 1. The highest BCUT2D eigenvalue weighted by Crippen LogP contribution is 2.31. The van der Waals surface area contributed by atoms with Crippen molar-refractivity contribution in [3.8, 4) is 17.0 Å². The second-order valence-electron chi connectivity index (χ2n) is 6.09. The molecule has 1 saturated heterocycles. The number of phenols is 1. The molecule has 3 heterocycles. The normalized spacial score (nSPS) is 14.9. The van der Waals surface area contributed by atoms with Gasteiger partial charge in [-0.1, -0.05) is 6.58 Å². The largest absolute Gasteiger partial charge is 0.508 e. The summed E-state index contributed by atoms with van der Waals surface area (Å²) >= 11 is 0. The fourth-order valence-corrected chi connectivity index (χ4v) is 3.36. The van der Waals surface area contributed by atoms with E-state index in [0.717, 1.165) is 41.5 Å². The van der Waals surface area contributed by atoms with Crippen molar-refractivity contribution in [1.82, 2.24) is 14.4 Å². The molecule has 4 rings (SSSR count). The van der Waals surface area contributed by atoms with Crippen molar-refractivity contribution in [2.75, 3.05) is 18.0 Å². The molecule has 1 N–H and O–H groups in total. The van der Waals surface area contributed by atoms with Crippen LogP contribution in [0.4, 0.5) is 5.82 Å². The number of benzene rings is 1. The Balaban J connectivity index is 1.91. The topological polar surface area (TPSA) is 53.7 Å². The van der Waals surface area contributed by atoms with Crippen LogP contribution < -0.4 is 4.90 Å². The van der Waals surface area contributed by atoms with Crippen molar-refractivity contribution in [2.24, 2.45) is 0 Å². The van der Waals surface area contributed by atoms with Gasteiger partial charge in [0.1, 0.15) is 5.75 Å². The molecule has 1 aliphatic heterocycles. The molecule has 0 amide bonds. The quantitative estimate of drug-likeness (QED) is 0.799. The number of aromatic nitrogens is 3. The third kappa shape index (κ3) is 2.42. The van der Waals surface area contributed by atoms with Gasteiger partial charge < -0.3 is 10.0 Å². The van der Waals surface area contributed by atoms with Crippen LogP contribution in [-0.2, 0) is 0 Å². The summed E-state index contributed by atoms with van der Waals surface area (Å²) in [5.41, 5.74) is 3.65. The fourth-order valence-electron chi connectivity index (χ4n) is 3.36. The van der Waals surface area contributed by atoms with E-state index in [2.05, 4.69) is 20.9 Å². The average Bonchev–Trinajstić information content (AvgIpc) is 3.02. The second-order valence-corrected chi connectivity index (χ2v) is 6.09. The van der Waals surface area contributed by atoms with Crippen molar-refractivity contribution in [3.63, 3.8) is 0 Å². The van der Waals surface area contributed by atoms with Crippen LogP contribution in [0.3, 0.4) is 0 Å². The van der Waals surface area contributed by atoms with Gasteiger partial charge in [0.2, 0.25) is 0 Å². The molecule has 0 aliphatic carbocycles. The van der Waals surface area contributed by atoms with E-state index in [1.54, 1.807) is 18.2 Å². The highest BCUT2D eigenvalue weighted by atomic mass is 16.3. The first-order chi connectivity index (χ1) is 11.8. The Morgan fingerprint density at radius 3 is 2.54 bits per heavy atom. The summed E-state index contributed by atoms with van der Waals surface area (Å²) in [7, 11) is 0. The van der Waals surface area contributed by atoms with Gasteiger partial charge in [-0.2, -0.15) is 0 Å². The summed E-state index contributed by atoms with van der Waals surface area (Å²) in [5.74, 6) is 1.19. The van der Waals surface area contributed by atoms with Gasteiger partial charge in [0.25, 0.3) is 0 Å². The Hall–Kier alpha value is -2.82. The third-order valence-corrected chi connectivity index (χ3v) is 4.54. The molecule has 0 spiro atoms. The number of hydrogen-bond acceptors (Lipinski definition) is 4. The molecule has 1 fully saturated rings. The highest BCUT2D eigenvalue weighted by Gasteiger charge is 2.20. The lowest BCUT2D eigenvalue weighted by Crippen LogP contribution is -2.30. The number of rotatable bonds is 3. The molecule has 5 nitrogen and oxygen atoms in total. The number of hydrogen-bond donors (Lipinski definition) is 1. The maximum Gasteiger partial charge on any atom is 0.181 e. The Labute approximate surface area is 140 Å². The zero-order chi connectivity index (χ0) is 16.5. The average molecular weight is 320 g/mol. The van der Waals surface area contributed by atoms with Crippen molar-refractivity contribution in [1.29, 1.82) is 0 Å². The Kier molecular flexibility index (Phi) is 3.69. The van der Waals surface area contributed by atoms with E-state index in [1.807, 2.05) is 24.5 Å². The van der Waals surface area contributed by atoms with E-state index in [1.165, 1.54) is 19.3 Å². The molecular formula is C19H20N4O. The lowest BCUT2D eigenvalue weighted by molar-refractivity contribution is 0.475. The van der Waals surface area contributed by atoms with Gasteiger partial charge in [0.15, 0.2) is 11.5 Å². The summed E-state index contributed by atoms with van der Waals surface area (Å²) in [5, 5.41) is 9.55. The van der Waals surface area contributed by atoms with E-state index in [9.17, 15) is 5.11 Å². The van der Waals surface area contributed by atoms with Crippen molar-refractivity contribution < 1.29 is 5.11 Å². The maximum atomic E-state index is 9.55. The van der Waals surface area contributed by atoms with Gasteiger partial charge in [0.05, 0.1) is 11.4 Å². The van der Waals surface area contributed by atoms with Gasteiger partial charge in [-0.25, -0.2) is 9.97 Å². The van der Waals surface area contributed by atoms with Crippen LogP contribution in [0.2, 0.25) is 0 Å². The van der Waals surface area contributed by atoms with Crippen LogP contribution in [0.15, 0.2) is 43.2 Å². The van der Waals surface area contributed by atoms with Crippen LogP contribution in [0.25, 0.3) is 23.0 Å². The summed E-state index contributed by atoms with van der Waals surface area (Å²) in [4.78, 5) is 11.7. The van der Waals surface area contributed by atoms with Crippen LogP contribution in [0, 0.1) is 0 Å². The highest BCUT2D eigenvalue weighted by molar-refractivity contribution is 5.78. The number of imidazole rings is 1. The monoisotopic (exact) mass is 320 g/mol. The van der Waals surface area contributed by atoms with E-state index in [0.29, 0.717) is 0 Å². The second kappa shape index (κ2) is 6.00. The smallest absolute Gasteiger partial charge is 0.181 e. The minimum absolute atomic E-state index is 0.253. The molecule has 1 aliphatic rings. The van der Waals surface area contributed by atoms with Crippen molar-refractivity contribution >= 4 is 17.5 Å². The van der Waals surface area contributed by atoms with E-state index in [-0.39, 0.29) is 5.75 Å². The molecule has 122 valence electrons. The predicted octanol–water partition coefficient (Wildman–Crippen LogP) is 3.74. The molecular weight excluding hydrogens is 300 g/mol. The van der Waals surface area contributed by atoms with Crippen LogP contribution in [-0.4, -0.2) is 32.6 Å². The first-order valence-electron chi connectivity index (χ1n) is 8.32. The number of phenolic OH excluding ortho intramolecular Hbond substituents is 1. The number of piperidine rings is 1. The van der Waals surface area contributed by atoms with Crippen molar-refractivity contribution in [3.05, 3.63) is 48.9 Å². The summed E-state index contributed by atoms with van der Waals surface area (Å²) in [6, 6.07) is 7.17. The zero-order valence-electron chi connectivity index (χ0n) is 13.5. The van der Waals surface area contributed by atoms with Crippen LogP contribution in [0.5, 0.6) is 5.75 Å². The lowest BCUT2D eigenvalue weighted by atomic mass is 10.1. The number of anilines is 1. The standard InChI is InChI=1S/C19H20N4O/c1-2-16-17(14-6-8-15(24)9-7-14)23-13-10-20-18(19(23)21-16)22-11-4-3-5-12-22/h2,6-10,13,24H,1,3-5,11-12H2. The van der Waals surface area contributed by atoms with Crippen LogP contribution in [0.1, 0.15) is 25.0 Å². The van der Waals surface area contributed by atoms with Crippen LogP contribution >= 0.6 is 0 Å². The maximum absolute atomic E-state index is 9.55. The molecule has 0 radical (unpaired) electrons. The van der Waals surface area contributed by atoms with Gasteiger partial charge in [0, 0.05) is 31.0 Å². The number of nitrogens with zero attached hydrogens (tertiary/aromatic N) is 4. The Bertz CT molecular complexity index is 876. The van der Waals surface area contributed by atoms with E-state index in [4.69, 9.17) is 4.98 Å². The SMILES string of the molecule is C=Cc1nc2c(N3CCCCC3)nccn2c1-c1ccc(O)cc1. The molecule has 0 unspecified atom stereocenters. The van der Waals surface area contributed by atoms with Crippen molar-refractivity contribution in [2.45, 2.75) is 19.3 Å². The zero-order valence-corrected chi connectivity index (χ0v) is 13.5. The molecule has 0 atom stereocenters. The molecule has 3 aromatic rings. The first-order valence-corrected chi connectivity index (χ1v) is 8.32. The number of aromatic hydroxyl groups is 1. The molecule has 2 aromatic heterocycles. The fraction of sp³-hybridized carbons (Fsp3) is 0.263. The molecule has 0 saturated carbocycles. The Morgan fingerprint density at radius 2 is 1.83 bits per heavy atom. The first kappa shape index (κ1) is 14.8. The minimum atomic E-state index is 0.253. The minimum Gasteiger partial charge on any atom is -0.508 e. The van der Waals surface area contributed by atoms with Gasteiger partial charge >= 0.3 is 0 Å². The van der Waals surface area contributed by atoms with E-state index >= 15 is 0 Å².